The van der Waals surface area contributed by atoms with Gasteiger partial charge in [-0.3, -0.25) is 14.6 Å². The summed E-state index contributed by atoms with van der Waals surface area (Å²) in [4.78, 5) is 31.3. The van der Waals surface area contributed by atoms with E-state index in [-0.39, 0.29) is 35.8 Å². The summed E-state index contributed by atoms with van der Waals surface area (Å²) >= 11 is 0. The Labute approximate surface area is 215 Å². The lowest BCUT2D eigenvalue weighted by Gasteiger charge is -2.22. The molecule has 0 radical (unpaired) electrons. The largest absolute Gasteiger partial charge is 0.489 e. The average molecular weight is 518 g/mol. The van der Waals surface area contributed by atoms with Crippen LogP contribution in [-0.2, 0) is 21.7 Å². The molecule has 2 amide bonds. The third kappa shape index (κ3) is 6.94. The number of nitrogens with zero attached hydrogens (tertiary/aromatic N) is 2. The molecule has 10 heteroatoms. The smallest absolute Gasteiger partial charge is 0.387 e. The van der Waals surface area contributed by atoms with Crippen molar-refractivity contribution in [2.24, 2.45) is 5.92 Å². The fraction of sp³-hybridized carbons (Fsp3) is 0.519. The molecular weight excluding hydrogens is 484 g/mol. The third-order valence-electron chi connectivity index (χ3n) is 6.80. The molecule has 2 fully saturated rings. The summed E-state index contributed by atoms with van der Waals surface area (Å²) in [6.07, 6.45) is 4.05. The predicted molar refractivity (Wildman–Crippen MR) is 131 cm³/mol. The lowest BCUT2D eigenvalue weighted by molar-refractivity contribution is -0.136. The van der Waals surface area contributed by atoms with E-state index in [1.807, 2.05) is 0 Å². The van der Waals surface area contributed by atoms with Gasteiger partial charge in [-0.2, -0.15) is 8.78 Å². The SMILES string of the molecule is CC(=O)N1CC(c2ccc(OC(F)F)c(OCC3CC3)c2)C[C@H]1C(=O)NCc1cc(C(C)(C)O)ccn1. The second kappa shape index (κ2) is 11.0. The van der Waals surface area contributed by atoms with Gasteiger partial charge in [0, 0.05) is 25.6 Å². The van der Waals surface area contributed by atoms with Crippen molar-refractivity contribution in [3.63, 3.8) is 0 Å². The molecular formula is C27H33F2N3O5. The molecule has 200 valence electrons. The van der Waals surface area contributed by atoms with E-state index < -0.39 is 18.3 Å². The quantitative estimate of drug-likeness (QED) is 0.498. The summed E-state index contributed by atoms with van der Waals surface area (Å²) in [6, 6.07) is 7.56. The first kappa shape index (κ1) is 26.8. The van der Waals surface area contributed by atoms with Crippen LogP contribution in [0.5, 0.6) is 11.5 Å². The van der Waals surface area contributed by atoms with Crippen LogP contribution in [0.1, 0.15) is 62.8 Å². The van der Waals surface area contributed by atoms with Crippen molar-refractivity contribution in [2.75, 3.05) is 13.2 Å². The number of rotatable bonds is 10. The number of amides is 2. The monoisotopic (exact) mass is 517 g/mol. The van der Waals surface area contributed by atoms with Gasteiger partial charge in [0.1, 0.15) is 6.04 Å². The Morgan fingerprint density at radius 1 is 1.22 bits per heavy atom. The number of hydrogen-bond acceptors (Lipinski definition) is 6. The van der Waals surface area contributed by atoms with Crippen LogP contribution < -0.4 is 14.8 Å². The van der Waals surface area contributed by atoms with Crippen molar-refractivity contribution in [1.82, 2.24) is 15.2 Å². The highest BCUT2D eigenvalue weighted by Crippen LogP contribution is 2.39. The molecule has 1 unspecified atom stereocenters. The zero-order chi connectivity index (χ0) is 26.7. The van der Waals surface area contributed by atoms with Gasteiger partial charge in [0.05, 0.1) is 24.4 Å². The van der Waals surface area contributed by atoms with Crippen LogP contribution in [0.3, 0.4) is 0 Å². The number of alkyl halides is 2. The molecule has 0 bridgehead atoms. The van der Waals surface area contributed by atoms with Crippen LogP contribution in [0.25, 0.3) is 0 Å². The second-order valence-corrected chi connectivity index (χ2v) is 10.3. The molecule has 37 heavy (non-hydrogen) atoms. The molecule has 4 rings (SSSR count). The number of hydrogen-bond donors (Lipinski definition) is 2. The molecule has 1 aliphatic carbocycles. The lowest BCUT2D eigenvalue weighted by Crippen LogP contribution is -2.45. The van der Waals surface area contributed by atoms with Crippen molar-refractivity contribution in [3.05, 3.63) is 53.3 Å². The van der Waals surface area contributed by atoms with E-state index in [9.17, 15) is 23.5 Å². The van der Waals surface area contributed by atoms with Gasteiger partial charge in [0.2, 0.25) is 11.8 Å². The molecule has 2 N–H and O–H groups in total. The van der Waals surface area contributed by atoms with Crippen molar-refractivity contribution in [1.29, 1.82) is 0 Å². The Hall–Kier alpha value is -3.27. The zero-order valence-corrected chi connectivity index (χ0v) is 21.2. The van der Waals surface area contributed by atoms with Crippen LogP contribution in [0.15, 0.2) is 36.5 Å². The molecule has 2 aliphatic rings. The minimum absolute atomic E-state index is 0.0316. The maximum atomic E-state index is 13.1. The van der Waals surface area contributed by atoms with Crippen LogP contribution >= 0.6 is 0 Å². The summed E-state index contributed by atoms with van der Waals surface area (Å²) in [5.41, 5.74) is 1.01. The number of likely N-dealkylation sites (tertiary alicyclic amines) is 1. The summed E-state index contributed by atoms with van der Waals surface area (Å²) in [5.74, 6) is -0.0843. The van der Waals surface area contributed by atoms with Gasteiger partial charge >= 0.3 is 6.61 Å². The van der Waals surface area contributed by atoms with E-state index in [2.05, 4.69) is 15.0 Å². The average Bonchev–Trinajstić information content (AvgIpc) is 3.56. The normalized spacial score (nSPS) is 19.7. The van der Waals surface area contributed by atoms with Crippen molar-refractivity contribution in [2.45, 2.75) is 70.8 Å². The number of carbonyl (C=O) groups excluding carboxylic acids is 2. The molecule has 1 aromatic carbocycles. The fourth-order valence-corrected chi connectivity index (χ4v) is 4.50. The van der Waals surface area contributed by atoms with Crippen LogP contribution in [-0.4, -0.2) is 52.6 Å². The first-order valence-corrected chi connectivity index (χ1v) is 12.5. The van der Waals surface area contributed by atoms with Gasteiger partial charge in [-0.15, -0.1) is 0 Å². The number of pyridine rings is 1. The first-order chi connectivity index (χ1) is 17.5. The summed E-state index contributed by atoms with van der Waals surface area (Å²) in [6.45, 7) is 2.68. The number of nitrogens with one attached hydrogen (secondary N) is 1. The Morgan fingerprint density at radius 3 is 2.62 bits per heavy atom. The molecule has 1 saturated carbocycles. The van der Waals surface area contributed by atoms with Crippen molar-refractivity contribution < 1.29 is 33.0 Å². The summed E-state index contributed by atoms with van der Waals surface area (Å²) in [7, 11) is 0. The number of aromatic nitrogens is 1. The first-order valence-electron chi connectivity index (χ1n) is 12.5. The predicted octanol–water partition coefficient (Wildman–Crippen LogP) is 3.72. The van der Waals surface area contributed by atoms with Gasteiger partial charge in [-0.1, -0.05) is 6.07 Å². The summed E-state index contributed by atoms with van der Waals surface area (Å²) < 4.78 is 36.2. The van der Waals surface area contributed by atoms with E-state index in [0.717, 1.165) is 18.4 Å². The standard InChI is InChI=1S/C27H33F2N3O5/c1-16(33)32-14-19(18-6-7-23(37-26(28)29)24(11-18)36-15-17-4-5-17)10-22(32)25(34)31-13-21-12-20(8-9-30-21)27(2,3)35/h6-9,11-12,17,19,22,26,35H,4-5,10,13-15H2,1-3H3,(H,31,34)/t19?,22-/m0/s1. The zero-order valence-electron chi connectivity index (χ0n) is 21.2. The van der Waals surface area contributed by atoms with Gasteiger partial charge < -0.3 is 24.8 Å². The molecule has 0 spiro atoms. The number of ether oxygens (including phenoxy) is 2. The highest BCUT2D eigenvalue weighted by molar-refractivity contribution is 5.87. The van der Waals surface area contributed by atoms with Gasteiger partial charge in [0.25, 0.3) is 0 Å². The number of benzene rings is 1. The van der Waals surface area contributed by atoms with Crippen LogP contribution in [0, 0.1) is 5.92 Å². The molecule has 1 aliphatic heterocycles. The van der Waals surface area contributed by atoms with Crippen molar-refractivity contribution in [3.8, 4) is 11.5 Å². The minimum Gasteiger partial charge on any atom is -0.489 e. The molecule has 2 aromatic rings. The Morgan fingerprint density at radius 2 is 1.97 bits per heavy atom. The number of carbonyl (C=O) groups is 2. The van der Waals surface area contributed by atoms with Crippen LogP contribution in [0.4, 0.5) is 8.78 Å². The topological polar surface area (TPSA) is 101 Å². The fourth-order valence-electron chi connectivity index (χ4n) is 4.50. The maximum Gasteiger partial charge on any atom is 0.387 e. The van der Waals surface area contributed by atoms with Crippen LogP contribution in [0.2, 0.25) is 0 Å². The minimum atomic E-state index is -2.97. The van der Waals surface area contributed by atoms with E-state index in [0.29, 0.717) is 36.7 Å². The van der Waals surface area contributed by atoms with Crippen molar-refractivity contribution >= 4 is 11.8 Å². The Kier molecular flexibility index (Phi) is 7.96. The van der Waals surface area contributed by atoms with Gasteiger partial charge in [-0.25, -0.2) is 0 Å². The second-order valence-electron chi connectivity index (χ2n) is 10.3. The molecule has 8 nitrogen and oxygen atoms in total. The Bertz CT molecular complexity index is 1130. The molecule has 1 saturated heterocycles. The van der Waals surface area contributed by atoms with E-state index in [1.165, 1.54) is 17.9 Å². The van der Waals surface area contributed by atoms with E-state index in [4.69, 9.17) is 4.74 Å². The van der Waals surface area contributed by atoms with Gasteiger partial charge in [-0.05, 0) is 74.4 Å². The lowest BCUT2D eigenvalue weighted by atomic mass is 9.95. The highest BCUT2D eigenvalue weighted by Gasteiger charge is 2.39. The summed E-state index contributed by atoms with van der Waals surface area (Å²) in [5, 5.41) is 13.1. The van der Waals surface area contributed by atoms with E-state index in [1.54, 1.807) is 44.3 Å². The van der Waals surface area contributed by atoms with E-state index >= 15 is 0 Å². The molecule has 2 atom stereocenters. The molecule has 1 aromatic heterocycles. The maximum absolute atomic E-state index is 13.1. The number of halogens is 2. The van der Waals surface area contributed by atoms with Gasteiger partial charge in [0.15, 0.2) is 11.5 Å². The third-order valence-corrected chi connectivity index (χ3v) is 6.80. The Balaban J connectivity index is 1.46. The number of aliphatic hydroxyl groups is 1. The highest BCUT2D eigenvalue weighted by atomic mass is 19.3. The molecule has 2 heterocycles.